The molecule has 0 aliphatic carbocycles. The fraction of sp³-hybridized carbons (Fsp3) is 0.500. The van der Waals surface area contributed by atoms with Gasteiger partial charge in [0.2, 0.25) is 5.95 Å². The highest BCUT2D eigenvalue weighted by Crippen LogP contribution is 2.35. The van der Waals surface area contributed by atoms with Crippen LogP contribution in [0.4, 0.5) is 10.3 Å². The molecule has 0 spiro atoms. The van der Waals surface area contributed by atoms with E-state index >= 15 is 0 Å². The van der Waals surface area contributed by atoms with E-state index in [-0.39, 0.29) is 23.7 Å². The third-order valence-electron chi connectivity index (χ3n) is 5.76. The molecule has 1 amide bonds. The van der Waals surface area contributed by atoms with Gasteiger partial charge in [0, 0.05) is 51.5 Å². The van der Waals surface area contributed by atoms with Crippen LogP contribution in [0, 0.1) is 5.82 Å². The molecule has 3 heterocycles. The second-order valence-electron chi connectivity index (χ2n) is 7.97. The van der Waals surface area contributed by atoms with Crippen molar-refractivity contribution in [3.63, 3.8) is 0 Å². The normalized spacial score (nSPS) is 20.1. The number of hydrogen-bond donors (Lipinski definition) is 0. The molecule has 0 saturated carbocycles. The van der Waals surface area contributed by atoms with E-state index in [1.165, 1.54) is 12.1 Å². The number of rotatable bonds is 4. The second-order valence-corrected chi connectivity index (χ2v) is 7.97. The minimum absolute atomic E-state index is 0.122. The Morgan fingerprint density at radius 1 is 1.17 bits per heavy atom. The molecule has 1 atom stereocenters. The van der Waals surface area contributed by atoms with E-state index in [4.69, 9.17) is 9.72 Å². The number of ether oxygens (including phenoxy) is 1. The Bertz CT molecular complexity index is 858. The highest BCUT2D eigenvalue weighted by molar-refractivity contribution is 5.81. The lowest BCUT2D eigenvalue weighted by Crippen LogP contribution is -2.43. The Morgan fingerprint density at radius 3 is 2.52 bits per heavy atom. The first-order valence-corrected chi connectivity index (χ1v) is 10.2. The van der Waals surface area contributed by atoms with E-state index in [1.54, 1.807) is 12.1 Å². The maximum Gasteiger partial charge on any atom is 0.251 e. The van der Waals surface area contributed by atoms with E-state index in [0.29, 0.717) is 25.6 Å². The third kappa shape index (κ3) is 4.24. The molecular formula is C22H27FN4O2. The van der Waals surface area contributed by atoms with Crippen LogP contribution in [0.15, 0.2) is 30.5 Å². The van der Waals surface area contributed by atoms with Gasteiger partial charge in [-0.1, -0.05) is 12.1 Å². The number of likely N-dealkylation sites (tertiary alicyclic amines) is 1. The fourth-order valence-corrected chi connectivity index (χ4v) is 4.11. The molecule has 0 N–H and O–H groups in total. The van der Waals surface area contributed by atoms with Crippen molar-refractivity contribution in [2.75, 3.05) is 38.7 Å². The number of halogens is 1. The molecule has 2 aliphatic rings. The molecule has 154 valence electrons. The molecule has 2 fully saturated rings. The van der Waals surface area contributed by atoms with Crippen molar-refractivity contribution in [1.82, 2.24) is 14.9 Å². The Balaban J connectivity index is 1.56. The number of carbonyl (C=O) groups excluding carboxylic acids is 1. The van der Waals surface area contributed by atoms with E-state index < -0.39 is 0 Å². The highest BCUT2D eigenvalue weighted by Gasteiger charge is 2.32. The van der Waals surface area contributed by atoms with Gasteiger partial charge in [-0.05, 0) is 43.4 Å². The number of hydrogen-bond acceptors (Lipinski definition) is 5. The van der Waals surface area contributed by atoms with Gasteiger partial charge >= 0.3 is 0 Å². The van der Waals surface area contributed by atoms with Crippen LogP contribution in [0.3, 0.4) is 0 Å². The van der Waals surface area contributed by atoms with Crippen LogP contribution in [0.1, 0.15) is 37.3 Å². The zero-order valence-corrected chi connectivity index (χ0v) is 17.0. The van der Waals surface area contributed by atoms with Crippen molar-refractivity contribution in [3.8, 4) is 11.1 Å². The largest absolute Gasteiger partial charge is 0.368 e. The minimum Gasteiger partial charge on any atom is -0.368 e. The quantitative estimate of drug-likeness (QED) is 0.791. The molecule has 1 aromatic carbocycles. The monoisotopic (exact) mass is 398 g/mol. The summed E-state index contributed by atoms with van der Waals surface area (Å²) in [5.41, 5.74) is 2.81. The van der Waals surface area contributed by atoms with Gasteiger partial charge < -0.3 is 14.5 Å². The van der Waals surface area contributed by atoms with Gasteiger partial charge in [-0.25, -0.2) is 14.4 Å². The van der Waals surface area contributed by atoms with Crippen molar-refractivity contribution in [2.24, 2.45) is 0 Å². The Kier molecular flexibility index (Phi) is 5.76. The maximum atomic E-state index is 13.4. The van der Waals surface area contributed by atoms with Crippen molar-refractivity contribution in [1.29, 1.82) is 0 Å². The van der Waals surface area contributed by atoms with Crippen LogP contribution in [0.25, 0.3) is 11.1 Å². The van der Waals surface area contributed by atoms with Crippen molar-refractivity contribution < 1.29 is 13.9 Å². The van der Waals surface area contributed by atoms with Crippen LogP contribution < -0.4 is 4.90 Å². The first-order chi connectivity index (χ1) is 14.0. The van der Waals surface area contributed by atoms with Crippen LogP contribution >= 0.6 is 0 Å². The van der Waals surface area contributed by atoms with E-state index in [1.807, 2.05) is 30.1 Å². The average molecular weight is 398 g/mol. The van der Waals surface area contributed by atoms with Crippen molar-refractivity contribution in [3.05, 3.63) is 42.0 Å². The minimum atomic E-state index is -0.263. The van der Waals surface area contributed by atoms with Crippen molar-refractivity contribution >= 4 is 11.9 Å². The summed E-state index contributed by atoms with van der Waals surface area (Å²) in [5, 5.41) is 0. The summed E-state index contributed by atoms with van der Waals surface area (Å²) < 4.78 is 18.9. The van der Waals surface area contributed by atoms with Crippen LogP contribution in [-0.4, -0.2) is 60.7 Å². The predicted octanol–water partition coefficient (Wildman–Crippen LogP) is 3.23. The molecular weight excluding hydrogens is 371 g/mol. The Hall–Kier alpha value is -2.54. The van der Waals surface area contributed by atoms with Gasteiger partial charge in [0.25, 0.3) is 5.91 Å². The molecule has 2 aromatic rings. The molecule has 0 bridgehead atoms. The Morgan fingerprint density at radius 2 is 1.90 bits per heavy atom. The van der Waals surface area contributed by atoms with Crippen LogP contribution in [0.5, 0.6) is 0 Å². The maximum absolute atomic E-state index is 13.4. The zero-order chi connectivity index (χ0) is 20.4. The smallest absolute Gasteiger partial charge is 0.251 e. The molecule has 6 nitrogen and oxygen atoms in total. The number of aromatic nitrogens is 2. The summed E-state index contributed by atoms with van der Waals surface area (Å²) >= 11 is 0. The number of carbonyl (C=O) groups is 1. The number of anilines is 1. The Labute approximate surface area is 170 Å². The topological polar surface area (TPSA) is 58.6 Å². The molecule has 2 saturated heterocycles. The summed E-state index contributed by atoms with van der Waals surface area (Å²) in [6.45, 7) is 2.09. The van der Waals surface area contributed by atoms with Gasteiger partial charge in [0.1, 0.15) is 11.9 Å². The standard InChI is InChI=1S/C22H27FN4O2/c1-26(2)22-24-14-18(15-5-7-17(23)8-6-15)20(25-22)16-9-11-27(12-10-16)21(28)19-4-3-13-29-19/h5-8,14,16,19H,3-4,9-13H2,1-2H3. The first kappa shape index (κ1) is 19.8. The average Bonchev–Trinajstić information content (AvgIpc) is 3.28. The van der Waals surface area contributed by atoms with Gasteiger partial charge in [-0.15, -0.1) is 0 Å². The number of nitrogens with zero attached hydrogens (tertiary/aromatic N) is 4. The third-order valence-corrected chi connectivity index (χ3v) is 5.76. The molecule has 7 heteroatoms. The van der Waals surface area contributed by atoms with Gasteiger partial charge in [0.15, 0.2) is 0 Å². The van der Waals surface area contributed by atoms with Gasteiger partial charge in [-0.3, -0.25) is 4.79 Å². The molecule has 2 aliphatic heterocycles. The lowest BCUT2D eigenvalue weighted by atomic mass is 9.88. The highest BCUT2D eigenvalue weighted by atomic mass is 19.1. The SMILES string of the molecule is CN(C)c1ncc(-c2ccc(F)cc2)c(C2CCN(C(=O)C3CCCO3)CC2)n1. The van der Waals surface area contributed by atoms with Crippen LogP contribution in [-0.2, 0) is 9.53 Å². The van der Waals surface area contributed by atoms with Crippen molar-refractivity contribution in [2.45, 2.75) is 37.7 Å². The molecule has 0 radical (unpaired) electrons. The predicted molar refractivity (Wildman–Crippen MR) is 109 cm³/mol. The molecule has 1 unspecified atom stereocenters. The molecule has 29 heavy (non-hydrogen) atoms. The summed E-state index contributed by atoms with van der Waals surface area (Å²) in [7, 11) is 3.83. The van der Waals surface area contributed by atoms with Gasteiger partial charge in [-0.2, -0.15) is 0 Å². The summed E-state index contributed by atoms with van der Waals surface area (Å²) in [5.74, 6) is 0.743. The van der Waals surface area contributed by atoms with E-state index in [2.05, 4.69) is 4.98 Å². The van der Waals surface area contributed by atoms with E-state index in [0.717, 1.165) is 42.5 Å². The number of piperidine rings is 1. The lowest BCUT2D eigenvalue weighted by molar-refractivity contribution is -0.142. The number of amides is 1. The fourth-order valence-electron chi connectivity index (χ4n) is 4.11. The zero-order valence-electron chi connectivity index (χ0n) is 17.0. The summed E-state index contributed by atoms with van der Waals surface area (Å²) in [6.07, 6.45) is 5.04. The van der Waals surface area contributed by atoms with E-state index in [9.17, 15) is 9.18 Å². The summed E-state index contributed by atoms with van der Waals surface area (Å²) in [6, 6.07) is 6.45. The summed E-state index contributed by atoms with van der Waals surface area (Å²) in [4.78, 5) is 25.8. The number of benzene rings is 1. The molecule has 4 rings (SSSR count). The lowest BCUT2D eigenvalue weighted by Gasteiger charge is -2.34. The van der Waals surface area contributed by atoms with Gasteiger partial charge in [0.05, 0.1) is 5.69 Å². The first-order valence-electron chi connectivity index (χ1n) is 10.2. The van der Waals surface area contributed by atoms with Crippen LogP contribution in [0.2, 0.25) is 0 Å². The second kappa shape index (κ2) is 8.45. The molecule has 1 aromatic heterocycles.